The summed E-state index contributed by atoms with van der Waals surface area (Å²) in [7, 11) is 3.04. The van der Waals surface area contributed by atoms with Gasteiger partial charge in [-0.25, -0.2) is 0 Å². The molecular weight excluding hydrogens is 340 g/mol. The Kier molecular flexibility index (Phi) is 6.43. The second kappa shape index (κ2) is 8.55. The van der Waals surface area contributed by atoms with E-state index in [1.807, 2.05) is 13.8 Å². The van der Waals surface area contributed by atoms with Gasteiger partial charge in [-0.05, 0) is 26.0 Å². The highest BCUT2D eigenvalue weighted by Crippen LogP contribution is 2.35. The second-order valence-corrected chi connectivity index (χ2v) is 6.27. The van der Waals surface area contributed by atoms with Gasteiger partial charge in [-0.2, -0.15) is 0 Å². The number of ether oxygens (including phenoxy) is 3. The van der Waals surface area contributed by atoms with Crippen molar-refractivity contribution in [2.75, 3.05) is 32.3 Å². The van der Waals surface area contributed by atoms with Crippen molar-refractivity contribution < 1.29 is 28.6 Å². The largest absolute Gasteiger partial charge is 0.497 e. The minimum atomic E-state index is -0.624. The molecule has 1 heterocycles. The van der Waals surface area contributed by atoms with Crippen LogP contribution in [-0.4, -0.2) is 51.2 Å². The van der Waals surface area contributed by atoms with Crippen LogP contribution >= 0.6 is 0 Å². The zero-order chi connectivity index (χ0) is 19.3. The van der Waals surface area contributed by atoms with Crippen LogP contribution in [0.2, 0.25) is 0 Å². The molecule has 1 saturated heterocycles. The van der Waals surface area contributed by atoms with Crippen molar-refractivity contribution >= 4 is 23.5 Å². The Morgan fingerprint density at radius 3 is 2.62 bits per heavy atom. The summed E-state index contributed by atoms with van der Waals surface area (Å²) in [5.74, 6) is -0.686. The average Bonchev–Trinajstić information content (AvgIpc) is 3.00. The third-order valence-corrected chi connectivity index (χ3v) is 3.93. The molecular formula is C18H24N2O6. The molecule has 1 atom stereocenters. The Balaban J connectivity index is 2.02. The first-order chi connectivity index (χ1) is 12.3. The number of nitrogens with one attached hydrogen (secondary N) is 1. The van der Waals surface area contributed by atoms with Gasteiger partial charge in [0.05, 0.1) is 25.8 Å². The topological polar surface area (TPSA) is 94.2 Å². The number of methoxy groups -OCH3 is 2. The van der Waals surface area contributed by atoms with Gasteiger partial charge in [-0.1, -0.05) is 0 Å². The number of carbonyl (C=O) groups is 3. The SMILES string of the molecule is COc1ccc(N2C[C@H](C(=O)OCC(=O)NC(C)C)CC2=O)c(OC)c1. The molecule has 1 aliphatic heterocycles. The predicted molar refractivity (Wildman–Crippen MR) is 94.2 cm³/mol. The van der Waals surface area contributed by atoms with Crippen molar-refractivity contribution in [3.8, 4) is 11.5 Å². The smallest absolute Gasteiger partial charge is 0.311 e. The molecule has 1 fully saturated rings. The van der Waals surface area contributed by atoms with E-state index in [-0.39, 0.29) is 37.4 Å². The van der Waals surface area contributed by atoms with Gasteiger partial charge in [-0.15, -0.1) is 0 Å². The van der Waals surface area contributed by atoms with E-state index < -0.39 is 11.9 Å². The number of nitrogens with zero attached hydrogens (tertiary/aromatic N) is 1. The summed E-state index contributed by atoms with van der Waals surface area (Å²) in [5.41, 5.74) is 0.561. The first-order valence-electron chi connectivity index (χ1n) is 8.34. The molecule has 2 amide bonds. The Morgan fingerprint density at radius 2 is 2.00 bits per heavy atom. The Bertz CT molecular complexity index is 688. The minimum Gasteiger partial charge on any atom is -0.497 e. The molecule has 0 saturated carbocycles. The molecule has 8 heteroatoms. The standard InChI is InChI=1S/C18H24N2O6/c1-11(2)19-16(21)10-26-18(23)12-7-17(22)20(9-12)14-6-5-13(24-3)8-15(14)25-4/h5-6,8,11-12H,7,9-10H2,1-4H3,(H,19,21)/t12-/m1/s1. The van der Waals surface area contributed by atoms with Crippen LogP contribution in [0.25, 0.3) is 0 Å². The monoisotopic (exact) mass is 364 g/mol. The second-order valence-electron chi connectivity index (χ2n) is 6.27. The van der Waals surface area contributed by atoms with E-state index in [1.165, 1.54) is 19.1 Å². The lowest BCUT2D eigenvalue weighted by molar-refractivity contribution is -0.152. The summed E-state index contributed by atoms with van der Waals surface area (Å²) in [6, 6.07) is 5.06. The summed E-state index contributed by atoms with van der Waals surface area (Å²) in [5, 5.41) is 2.64. The molecule has 1 aromatic carbocycles. The molecule has 1 aromatic rings. The average molecular weight is 364 g/mol. The molecule has 2 rings (SSSR count). The number of carbonyl (C=O) groups excluding carboxylic acids is 3. The normalized spacial score (nSPS) is 16.6. The van der Waals surface area contributed by atoms with Gasteiger partial charge >= 0.3 is 5.97 Å². The summed E-state index contributed by atoms with van der Waals surface area (Å²) in [6.07, 6.45) is 0.0276. The van der Waals surface area contributed by atoms with Gasteiger partial charge < -0.3 is 24.4 Å². The number of hydrogen-bond acceptors (Lipinski definition) is 6. The highest BCUT2D eigenvalue weighted by atomic mass is 16.5. The van der Waals surface area contributed by atoms with Crippen LogP contribution in [0.4, 0.5) is 5.69 Å². The molecule has 0 bridgehead atoms. The van der Waals surface area contributed by atoms with Crippen LogP contribution < -0.4 is 19.7 Å². The quantitative estimate of drug-likeness (QED) is 0.729. The maximum Gasteiger partial charge on any atom is 0.311 e. The fraction of sp³-hybridized carbons (Fsp3) is 0.500. The number of hydrogen-bond donors (Lipinski definition) is 1. The number of esters is 1. The zero-order valence-electron chi connectivity index (χ0n) is 15.4. The van der Waals surface area contributed by atoms with E-state index >= 15 is 0 Å². The van der Waals surface area contributed by atoms with Gasteiger partial charge in [0.2, 0.25) is 5.91 Å². The van der Waals surface area contributed by atoms with Crippen LogP contribution in [0.5, 0.6) is 11.5 Å². The Hall–Kier alpha value is -2.77. The van der Waals surface area contributed by atoms with E-state index in [1.54, 1.807) is 18.2 Å². The lowest BCUT2D eigenvalue weighted by atomic mass is 10.1. The molecule has 142 valence electrons. The first kappa shape index (κ1) is 19.6. The number of rotatable bonds is 7. The third kappa shape index (κ3) is 4.65. The number of amides is 2. The van der Waals surface area contributed by atoms with Gasteiger partial charge in [0.15, 0.2) is 6.61 Å². The summed E-state index contributed by atoms with van der Waals surface area (Å²) in [4.78, 5) is 37.6. The van der Waals surface area contributed by atoms with Gasteiger partial charge in [0.1, 0.15) is 11.5 Å². The first-order valence-corrected chi connectivity index (χ1v) is 8.34. The maximum atomic E-state index is 12.3. The van der Waals surface area contributed by atoms with E-state index in [0.29, 0.717) is 17.2 Å². The summed E-state index contributed by atoms with van der Waals surface area (Å²) >= 11 is 0. The van der Waals surface area contributed by atoms with Crippen molar-refractivity contribution in [3.63, 3.8) is 0 Å². The Morgan fingerprint density at radius 1 is 1.27 bits per heavy atom. The van der Waals surface area contributed by atoms with Crippen LogP contribution in [0, 0.1) is 5.92 Å². The van der Waals surface area contributed by atoms with E-state index in [9.17, 15) is 14.4 Å². The van der Waals surface area contributed by atoms with Crippen LogP contribution in [0.15, 0.2) is 18.2 Å². The number of anilines is 1. The zero-order valence-corrected chi connectivity index (χ0v) is 15.4. The summed E-state index contributed by atoms with van der Waals surface area (Å²) < 4.78 is 15.5. The van der Waals surface area contributed by atoms with Gasteiger partial charge in [0.25, 0.3) is 5.91 Å². The van der Waals surface area contributed by atoms with Gasteiger partial charge in [0, 0.05) is 25.1 Å². The van der Waals surface area contributed by atoms with E-state index in [0.717, 1.165) is 0 Å². The highest BCUT2D eigenvalue weighted by molar-refractivity contribution is 6.00. The molecule has 1 aliphatic rings. The van der Waals surface area contributed by atoms with Crippen LogP contribution in [-0.2, 0) is 19.1 Å². The van der Waals surface area contributed by atoms with Crippen molar-refractivity contribution in [2.45, 2.75) is 26.3 Å². The van der Waals surface area contributed by atoms with Crippen molar-refractivity contribution in [2.24, 2.45) is 5.92 Å². The van der Waals surface area contributed by atoms with Crippen LogP contribution in [0.1, 0.15) is 20.3 Å². The van der Waals surface area contributed by atoms with Crippen molar-refractivity contribution in [3.05, 3.63) is 18.2 Å². The van der Waals surface area contributed by atoms with E-state index in [4.69, 9.17) is 14.2 Å². The third-order valence-electron chi connectivity index (χ3n) is 3.93. The van der Waals surface area contributed by atoms with E-state index in [2.05, 4.69) is 5.32 Å². The molecule has 0 spiro atoms. The molecule has 0 aliphatic carbocycles. The molecule has 8 nitrogen and oxygen atoms in total. The Labute approximate surface area is 152 Å². The number of benzene rings is 1. The van der Waals surface area contributed by atoms with Crippen molar-refractivity contribution in [1.29, 1.82) is 0 Å². The highest BCUT2D eigenvalue weighted by Gasteiger charge is 2.37. The lowest BCUT2D eigenvalue weighted by Crippen LogP contribution is -2.35. The minimum absolute atomic E-state index is 0.0276. The molecule has 1 N–H and O–H groups in total. The molecule has 0 unspecified atom stereocenters. The molecule has 0 aromatic heterocycles. The fourth-order valence-electron chi connectivity index (χ4n) is 2.72. The maximum absolute atomic E-state index is 12.3. The van der Waals surface area contributed by atoms with Crippen molar-refractivity contribution in [1.82, 2.24) is 5.32 Å². The van der Waals surface area contributed by atoms with Gasteiger partial charge in [-0.3, -0.25) is 14.4 Å². The predicted octanol–water partition coefficient (Wildman–Crippen LogP) is 1.12. The summed E-state index contributed by atoms with van der Waals surface area (Å²) in [6.45, 7) is 3.45. The lowest BCUT2D eigenvalue weighted by Gasteiger charge is -2.20. The van der Waals surface area contributed by atoms with Crippen LogP contribution in [0.3, 0.4) is 0 Å². The molecule has 26 heavy (non-hydrogen) atoms. The fourth-order valence-corrected chi connectivity index (χ4v) is 2.72. The molecule has 0 radical (unpaired) electrons.